The van der Waals surface area contributed by atoms with Crippen LogP contribution in [0.5, 0.6) is 0 Å². The Labute approximate surface area is 111 Å². The number of urea groups is 1. The maximum absolute atomic E-state index is 12.1. The Morgan fingerprint density at radius 3 is 2.84 bits per heavy atom. The van der Waals surface area contributed by atoms with E-state index in [9.17, 15) is 14.7 Å². The van der Waals surface area contributed by atoms with Gasteiger partial charge in [0, 0.05) is 20.2 Å². The van der Waals surface area contributed by atoms with Crippen molar-refractivity contribution in [2.75, 3.05) is 33.4 Å². The number of aliphatic carboxylic acids is 1. The van der Waals surface area contributed by atoms with E-state index in [0.717, 1.165) is 6.42 Å². The maximum atomic E-state index is 12.1. The number of likely N-dealkylation sites (tertiary alicyclic amines) is 1. The highest BCUT2D eigenvalue weighted by Gasteiger charge is 2.47. The first kappa shape index (κ1) is 14.1. The molecule has 0 aromatic carbocycles. The Hall–Kier alpha value is -1.34. The number of amides is 2. The van der Waals surface area contributed by atoms with Crippen molar-refractivity contribution >= 4 is 12.0 Å². The highest BCUT2D eigenvalue weighted by molar-refractivity contribution is 5.79. The smallest absolute Gasteiger partial charge is 0.317 e. The monoisotopic (exact) mass is 272 g/mol. The number of hydrogen-bond donors (Lipinski definition) is 2. The second-order valence-corrected chi connectivity index (χ2v) is 5.33. The quantitative estimate of drug-likeness (QED) is 0.749. The zero-order valence-electron chi connectivity index (χ0n) is 11.2. The van der Waals surface area contributed by atoms with Crippen LogP contribution < -0.4 is 5.32 Å². The number of carbonyl (C=O) groups excluding carboxylic acids is 1. The fourth-order valence-electron chi connectivity index (χ4n) is 2.43. The summed E-state index contributed by atoms with van der Waals surface area (Å²) in [5, 5.41) is 12.0. The van der Waals surface area contributed by atoms with Crippen LogP contribution >= 0.6 is 0 Å². The molecular weight excluding hydrogens is 252 g/mol. The number of carbonyl (C=O) groups is 2. The molecule has 0 bridgehead atoms. The minimum atomic E-state index is -1.06. The van der Waals surface area contributed by atoms with Gasteiger partial charge in [-0.25, -0.2) is 4.79 Å². The Morgan fingerprint density at radius 2 is 2.26 bits per heavy atom. The highest BCUT2D eigenvalue weighted by Crippen LogP contribution is 2.29. The van der Waals surface area contributed by atoms with Crippen molar-refractivity contribution in [1.82, 2.24) is 10.2 Å². The van der Waals surface area contributed by atoms with Crippen LogP contribution in [0.2, 0.25) is 0 Å². The molecule has 2 aliphatic rings. The molecule has 0 aromatic rings. The molecule has 0 aromatic heterocycles. The zero-order chi connectivity index (χ0) is 14.0. The SMILES string of the molecule is COC1CCN(C(=O)NC2COCC2(C)C(=O)O)C1. The molecule has 7 nitrogen and oxygen atoms in total. The Kier molecular flexibility index (Phi) is 3.96. The van der Waals surface area contributed by atoms with E-state index in [0.29, 0.717) is 13.1 Å². The van der Waals surface area contributed by atoms with Gasteiger partial charge in [0.15, 0.2) is 0 Å². The number of ether oxygens (including phenoxy) is 2. The van der Waals surface area contributed by atoms with E-state index in [2.05, 4.69) is 5.32 Å². The van der Waals surface area contributed by atoms with Crippen LogP contribution in [0.3, 0.4) is 0 Å². The Balaban J connectivity index is 1.94. The Morgan fingerprint density at radius 1 is 1.53 bits per heavy atom. The predicted molar refractivity (Wildman–Crippen MR) is 65.9 cm³/mol. The number of carboxylic acids is 1. The lowest BCUT2D eigenvalue weighted by Gasteiger charge is -2.27. The predicted octanol–water partition coefficient (Wildman–Crippen LogP) is -0.0936. The minimum absolute atomic E-state index is 0.0661. The van der Waals surface area contributed by atoms with Crippen molar-refractivity contribution in [1.29, 1.82) is 0 Å². The summed E-state index contributed by atoms with van der Waals surface area (Å²) < 4.78 is 10.4. The van der Waals surface area contributed by atoms with Crippen LogP contribution in [0.4, 0.5) is 4.79 Å². The molecule has 19 heavy (non-hydrogen) atoms. The second-order valence-electron chi connectivity index (χ2n) is 5.33. The van der Waals surface area contributed by atoms with Gasteiger partial charge in [0.25, 0.3) is 0 Å². The molecule has 2 aliphatic heterocycles. The summed E-state index contributed by atoms with van der Waals surface area (Å²) in [4.78, 5) is 25.0. The van der Waals surface area contributed by atoms with Crippen molar-refractivity contribution in [3.05, 3.63) is 0 Å². The van der Waals surface area contributed by atoms with Crippen LogP contribution in [0.1, 0.15) is 13.3 Å². The summed E-state index contributed by atoms with van der Waals surface area (Å²) in [5.41, 5.74) is -1.06. The largest absolute Gasteiger partial charge is 0.481 e. The number of methoxy groups -OCH3 is 1. The molecule has 2 N–H and O–H groups in total. The topological polar surface area (TPSA) is 88.1 Å². The molecule has 108 valence electrons. The fraction of sp³-hybridized carbons (Fsp3) is 0.833. The highest BCUT2D eigenvalue weighted by atomic mass is 16.5. The van der Waals surface area contributed by atoms with Crippen molar-refractivity contribution < 1.29 is 24.2 Å². The zero-order valence-corrected chi connectivity index (χ0v) is 11.2. The molecule has 3 atom stereocenters. The third-order valence-electron chi connectivity index (χ3n) is 4.01. The summed E-state index contributed by atoms with van der Waals surface area (Å²) in [5.74, 6) is -0.952. The number of carboxylic acid groups (broad SMARTS) is 1. The van der Waals surface area contributed by atoms with Gasteiger partial charge >= 0.3 is 12.0 Å². The molecule has 0 radical (unpaired) electrons. The second kappa shape index (κ2) is 5.34. The van der Waals surface area contributed by atoms with E-state index in [1.54, 1.807) is 18.9 Å². The van der Waals surface area contributed by atoms with Gasteiger partial charge in [0.05, 0.1) is 25.4 Å². The average Bonchev–Trinajstić information content (AvgIpc) is 2.97. The molecule has 0 saturated carbocycles. The molecule has 2 rings (SSSR count). The molecule has 2 amide bonds. The lowest BCUT2D eigenvalue weighted by atomic mass is 9.85. The number of nitrogens with one attached hydrogen (secondary N) is 1. The van der Waals surface area contributed by atoms with Crippen molar-refractivity contribution in [2.45, 2.75) is 25.5 Å². The van der Waals surface area contributed by atoms with Crippen molar-refractivity contribution in [3.8, 4) is 0 Å². The maximum Gasteiger partial charge on any atom is 0.317 e. The van der Waals surface area contributed by atoms with Gasteiger partial charge in [-0.2, -0.15) is 0 Å². The molecule has 2 fully saturated rings. The van der Waals surface area contributed by atoms with E-state index in [1.807, 2.05) is 0 Å². The van der Waals surface area contributed by atoms with E-state index in [4.69, 9.17) is 9.47 Å². The first-order valence-corrected chi connectivity index (χ1v) is 6.36. The summed E-state index contributed by atoms with van der Waals surface area (Å²) in [7, 11) is 1.62. The van der Waals surface area contributed by atoms with Crippen molar-refractivity contribution in [3.63, 3.8) is 0 Å². The standard InChI is InChI=1S/C12H20N2O5/c1-12(10(15)16)7-19-6-9(12)13-11(17)14-4-3-8(5-14)18-2/h8-9H,3-7H2,1-2H3,(H,13,17)(H,15,16). The summed E-state index contributed by atoms with van der Waals surface area (Å²) >= 11 is 0. The molecule has 2 heterocycles. The van der Waals surface area contributed by atoms with E-state index < -0.39 is 17.4 Å². The molecule has 3 unspecified atom stereocenters. The van der Waals surface area contributed by atoms with E-state index >= 15 is 0 Å². The third-order valence-corrected chi connectivity index (χ3v) is 4.01. The first-order chi connectivity index (χ1) is 8.97. The van der Waals surface area contributed by atoms with Gasteiger partial charge in [-0.15, -0.1) is 0 Å². The number of nitrogens with zero attached hydrogens (tertiary/aromatic N) is 1. The van der Waals surface area contributed by atoms with Gasteiger partial charge < -0.3 is 24.8 Å². The van der Waals surface area contributed by atoms with Gasteiger partial charge in [0.1, 0.15) is 5.41 Å². The van der Waals surface area contributed by atoms with Gasteiger partial charge in [0.2, 0.25) is 0 Å². The van der Waals surface area contributed by atoms with Crippen molar-refractivity contribution in [2.24, 2.45) is 5.41 Å². The molecule has 0 spiro atoms. The average molecular weight is 272 g/mol. The van der Waals surface area contributed by atoms with E-state index in [1.165, 1.54) is 0 Å². The minimum Gasteiger partial charge on any atom is -0.481 e. The summed E-state index contributed by atoms with van der Waals surface area (Å²) in [6.45, 7) is 3.11. The molecule has 0 aliphatic carbocycles. The van der Waals surface area contributed by atoms with Gasteiger partial charge in [-0.1, -0.05) is 0 Å². The number of rotatable bonds is 3. The first-order valence-electron chi connectivity index (χ1n) is 6.36. The van der Waals surface area contributed by atoms with E-state index in [-0.39, 0.29) is 25.3 Å². The number of hydrogen-bond acceptors (Lipinski definition) is 4. The summed E-state index contributed by atoms with van der Waals surface area (Å²) in [6, 6.07) is -0.749. The lowest BCUT2D eigenvalue weighted by Crippen LogP contribution is -2.53. The third kappa shape index (κ3) is 2.66. The Bertz CT molecular complexity index is 375. The van der Waals surface area contributed by atoms with Crippen LogP contribution in [-0.2, 0) is 14.3 Å². The lowest BCUT2D eigenvalue weighted by molar-refractivity contribution is -0.148. The summed E-state index contributed by atoms with van der Waals surface area (Å²) in [6.07, 6.45) is 0.873. The van der Waals surface area contributed by atoms with Crippen LogP contribution in [0.15, 0.2) is 0 Å². The van der Waals surface area contributed by atoms with Gasteiger partial charge in [-0.3, -0.25) is 4.79 Å². The molecular formula is C12H20N2O5. The molecule has 2 saturated heterocycles. The molecule has 7 heteroatoms. The van der Waals surface area contributed by atoms with Crippen LogP contribution in [0.25, 0.3) is 0 Å². The fourth-order valence-corrected chi connectivity index (χ4v) is 2.43. The normalized spacial score (nSPS) is 34.5. The van der Waals surface area contributed by atoms with Crippen LogP contribution in [-0.4, -0.2) is 67.6 Å². The van der Waals surface area contributed by atoms with Gasteiger partial charge in [-0.05, 0) is 13.3 Å². The van der Waals surface area contributed by atoms with Crippen LogP contribution in [0, 0.1) is 5.41 Å².